The molecule has 1 aliphatic heterocycles. The number of aliphatic hydroxyl groups excluding tert-OH is 1. The van der Waals surface area contributed by atoms with Gasteiger partial charge < -0.3 is 9.67 Å². The van der Waals surface area contributed by atoms with Crippen LogP contribution < -0.4 is 0 Å². The van der Waals surface area contributed by atoms with Crippen molar-refractivity contribution in [1.29, 1.82) is 0 Å². The molecule has 126 valence electrons. The lowest BCUT2D eigenvalue weighted by molar-refractivity contribution is 0.201. The quantitative estimate of drug-likeness (QED) is 0.792. The smallest absolute Gasteiger partial charge is 0.158 e. The molecular weight excluding hydrogens is 320 g/mol. The van der Waals surface area contributed by atoms with Crippen molar-refractivity contribution < 1.29 is 5.11 Å². The van der Waals surface area contributed by atoms with Gasteiger partial charge in [0.25, 0.3) is 0 Å². The van der Waals surface area contributed by atoms with Gasteiger partial charge in [0.15, 0.2) is 5.82 Å². The van der Waals surface area contributed by atoms with E-state index in [1.807, 2.05) is 23.0 Å². The molecular formula is C18H22N4OS. The van der Waals surface area contributed by atoms with Gasteiger partial charge in [0.05, 0.1) is 0 Å². The molecule has 3 aromatic rings. The van der Waals surface area contributed by atoms with Crippen LogP contribution in [0.4, 0.5) is 0 Å². The number of hydrogen-bond donors (Lipinski definition) is 1. The Morgan fingerprint density at radius 3 is 2.75 bits per heavy atom. The number of hydrogen-bond acceptors (Lipinski definition) is 5. The number of rotatable bonds is 4. The van der Waals surface area contributed by atoms with Gasteiger partial charge in [0.1, 0.15) is 12.4 Å². The molecule has 4 rings (SSSR count). The van der Waals surface area contributed by atoms with Gasteiger partial charge in [-0.15, -0.1) is 21.5 Å². The summed E-state index contributed by atoms with van der Waals surface area (Å²) < 4.78 is 3.32. The zero-order valence-corrected chi connectivity index (χ0v) is 14.7. The molecule has 0 bridgehead atoms. The van der Waals surface area contributed by atoms with Crippen molar-refractivity contribution in [2.75, 3.05) is 13.1 Å². The van der Waals surface area contributed by atoms with E-state index in [2.05, 4.69) is 44.7 Å². The highest BCUT2D eigenvalue weighted by Gasteiger charge is 2.25. The van der Waals surface area contributed by atoms with Crippen molar-refractivity contribution >= 4 is 21.4 Å². The van der Waals surface area contributed by atoms with Crippen molar-refractivity contribution in [1.82, 2.24) is 19.7 Å². The molecule has 1 fully saturated rings. The number of thiophene rings is 1. The summed E-state index contributed by atoms with van der Waals surface area (Å²) in [5.74, 6) is 2.11. The minimum atomic E-state index is -0.0480. The lowest BCUT2D eigenvalue weighted by Crippen LogP contribution is -2.33. The molecule has 5 nitrogen and oxygen atoms in total. The average Bonchev–Trinajstić information content (AvgIpc) is 3.19. The third kappa shape index (κ3) is 2.85. The van der Waals surface area contributed by atoms with Crippen LogP contribution in [0.25, 0.3) is 10.1 Å². The van der Waals surface area contributed by atoms with Crippen LogP contribution in [-0.2, 0) is 20.2 Å². The van der Waals surface area contributed by atoms with Crippen molar-refractivity contribution in [2.45, 2.75) is 31.9 Å². The van der Waals surface area contributed by atoms with Gasteiger partial charge >= 0.3 is 0 Å². The molecule has 2 aromatic heterocycles. The molecule has 24 heavy (non-hydrogen) atoms. The van der Waals surface area contributed by atoms with E-state index in [1.165, 1.54) is 15.6 Å². The largest absolute Gasteiger partial charge is 0.388 e. The molecule has 0 saturated carbocycles. The maximum absolute atomic E-state index is 9.27. The zero-order chi connectivity index (χ0) is 16.5. The molecule has 0 atom stereocenters. The summed E-state index contributed by atoms with van der Waals surface area (Å²) in [5, 5.41) is 21.3. The fourth-order valence-electron chi connectivity index (χ4n) is 3.61. The molecule has 1 saturated heterocycles. The number of aromatic nitrogens is 3. The summed E-state index contributed by atoms with van der Waals surface area (Å²) >= 11 is 1.84. The number of piperidine rings is 1. The van der Waals surface area contributed by atoms with Gasteiger partial charge in [-0.25, -0.2) is 0 Å². The minimum Gasteiger partial charge on any atom is -0.388 e. The Kier molecular flexibility index (Phi) is 4.35. The fourth-order valence-corrected chi connectivity index (χ4v) is 4.57. The van der Waals surface area contributed by atoms with Crippen LogP contribution in [0.3, 0.4) is 0 Å². The first-order chi connectivity index (χ1) is 11.8. The van der Waals surface area contributed by atoms with Gasteiger partial charge in [0.2, 0.25) is 0 Å². The molecule has 1 aliphatic rings. The Bertz CT molecular complexity index is 833. The Balaban J connectivity index is 1.42. The first-order valence-corrected chi connectivity index (χ1v) is 9.30. The highest BCUT2D eigenvalue weighted by atomic mass is 32.1. The van der Waals surface area contributed by atoms with Crippen molar-refractivity contribution in [2.24, 2.45) is 7.05 Å². The van der Waals surface area contributed by atoms with Crippen LogP contribution in [0.15, 0.2) is 29.6 Å². The summed E-state index contributed by atoms with van der Waals surface area (Å²) in [6, 6.07) is 8.65. The van der Waals surface area contributed by atoms with Gasteiger partial charge in [-0.3, -0.25) is 4.90 Å². The number of fused-ring (bicyclic) bond motifs is 1. The van der Waals surface area contributed by atoms with Crippen LogP contribution in [0, 0.1) is 0 Å². The molecule has 1 aromatic carbocycles. The summed E-state index contributed by atoms with van der Waals surface area (Å²) in [6.07, 6.45) is 2.19. The van der Waals surface area contributed by atoms with Gasteiger partial charge in [-0.2, -0.15) is 0 Å². The summed E-state index contributed by atoms with van der Waals surface area (Å²) in [5.41, 5.74) is 1.44. The molecule has 0 aliphatic carbocycles. The normalized spacial score (nSPS) is 16.9. The SMILES string of the molecule is Cn1c(CO)nnc1C1CCN(Cc2csc3ccccc23)CC1. The number of likely N-dealkylation sites (tertiary alicyclic amines) is 1. The first-order valence-electron chi connectivity index (χ1n) is 8.42. The second-order valence-electron chi connectivity index (χ2n) is 6.50. The van der Waals surface area contributed by atoms with E-state index in [1.54, 1.807) is 0 Å². The molecule has 1 N–H and O–H groups in total. The Hall–Kier alpha value is -1.76. The monoisotopic (exact) mass is 342 g/mol. The van der Waals surface area contributed by atoms with Crippen LogP contribution in [0.2, 0.25) is 0 Å². The number of aliphatic hydroxyl groups is 1. The second-order valence-corrected chi connectivity index (χ2v) is 7.41. The minimum absolute atomic E-state index is 0.0480. The zero-order valence-electron chi connectivity index (χ0n) is 13.9. The predicted molar refractivity (Wildman–Crippen MR) is 96.0 cm³/mol. The maximum atomic E-state index is 9.27. The molecule has 0 spiro atoms. The van der Waals surface area contributed by atoms with E-state index in [-0.39, 0.29) is 6.61 Å². The Morgan fingerprint density at radius 1 is 1.21 bits per heavy atom. The fraction of sp³-hybridized carbons (Fsp3) is 0.444. The van der Waals surface area contributed by atoms with Crippen LogP contribution in [0.5, 0.6) is 0 Å². The standard InChI is InChI=1S/C18H22N4OS/c1-21-17(11-23)19-20-18(21)13-6-8-22(9-7-13)10-14-12-24-16-5-3-2-4-15(14)16/h2-5,12-13,23H,6-11H2,1H3. The van der Waals surface area contributed by atoms with Gasteiger partial charge in [-0.05, 0) is 48.3 Å². The molecule has 0 unspecified atom stereocenters. The Labute approximate surface area is 145 Å². The van der Waals surface area contributed by atoms with Crippen molar-refractivity contribution in [3.8, 4) is 0 Å². The van der Waals surface area contributed by atoms with E-state index in [0.717, 1.165) is 38.3 Å². The van der Waals surface area contributed by atoms with E-state index < -0.39 is 0 Å². The number of benzene rings is 1. The average molecular weight is 342 g/mol. The lowest BCUT2D eigenvalue weighted by Gasteiger charge is -2.31. The van der Waals surface area contributed by atoms with Gasteiger partial charge in [0, 0.05) is 24.2 Å². The van der Waals surface area contributed by atoms with Crippen LogP contribution in [-0.4, -0.2) is 37.9 Å². The molecule has 0 radical (unpaired) electrons. The van der Waals surface area contributed by atoms with E-state index in [4.69, 9.17) is 0 Å². The maximum Gasteiger partial charge on any atom is 0.158 e. The molecule has 6 heteroatoms. The van der Waals surface area contributed by atoms with Crippen molar-refractivity contribution in [3.63, 3.8) is 0 Å². The summed E-state index contributed by atoms with van der Waals surface area (Å²) in [6.45, 7) is 3.14. The van der Waals surface area contributed by atoms with E-state index in [9.17, 15) is 5.11 Å². The molecule has 0 amide bonds. The predicted octanol–water partition coefficient (Wildman–Crippen LogP) is 2.90. The summed E-state index contributed by atoms with van der Waals surface area (Å²) in [7, 11) is 1.95. The Morgan fingerprint density at radius 2 is 2.00 bits per heavy atom. The lowest BCUT2D eigenvalue weighted by atomic mass is 9.95. The third-order valence-electron chi connectivity index (χ3n) is 5.05. The van der Waals surface area contributed by atoms with Crippen LogP contribution in [0.1, 0.15) is 36.0 Å². The second kappa shape index (κ2) is 6.63. The highest BCUT2D eigenvalue weighted by molar-refractivity contribution is 7.17. The third-order valence-corrected chi connectivity index (χ3v) is 6.06. The van der Waals surface area contributed by atoms with E-state index >= 15 is 0 Å². The molecule has 3 heterocycles. The topological polar surface area (TPSA) is 54.2 Å². The highest BCUT2D eigenvalue weighted by Crippen LogP contribution is 2.30. The summed E-state index contributed by atoms with van der Waals surface area (Å²) in [4.78, 5) is 2.54. The van der Waals surface area contributed by atoms with Gasteiger partial charge in [-0.1, -0.05) is 18.2 Å². The first kappa shape index (κ1) is 15.7. The van der Waals surface area contributed by atoms with Crippen LogP contribution >= 0.6 is 11.3 Å². The van der Waals surface area contributed by atoms with Crippen molar-refractivity contribution in [3.05, 3.63) is 46.9 Å². The number of nitrogens with zero attached hydrogens (tertiary/aromatic N) is 4. The van der Waals surface area contributed by atoms with E-state index in [0.29, 0.717) is 11.7 Å².